The molecule has 0 aliphatic heterocycles. The number of nitrogens with one attached hydrogen (secondary N) is 1. The van der Waals surface area contributed by atoms with Crippen LogP contribution < -0.4 is 5.32 Å². The second kappa shape index (κ2) is 6.50. The van der Waals surface area contributed by atoms with Crippen molar-refractivity contribution >= 4 is 17.5 Å². The molecule has 110 valence electrons. The topological polar surface area (TPSA) is 42.2 Å². The molecule has 1 aromatic heterocycles. The predicted octanol–water partition coefficient (Wildman–Crippen LogP) is 4.53. The molecule has 3 nitrogen and oxygen atoms in total. The normalized spacial score (nSPS) is 10.4. The Kier molecular flexibility index (Phi) is 4.26. The number of carbonyl (C=O) groups excluding carboxylic acids is 1. The Morgan fingerprint density at radius 3 is 2.45 bits per heavy atom. The van der Waals surface area contributed by atoms with Crippen LogP contribution in [0.2, 0.25) is 5.02 Å². The molecule has 0 spiro atoms. The third-order valence-corrected chi connectivity index (χ3v) is 3.54. The van der Waals surface area contributed by atoms with E-state index in [1.807, 2.05) is 48.5 Å². The Hall–Kier alpha value is -2.52. The molecule has 0 saturated carbocycles. The van der Waals surface area contributed by atoms with Crippen LogP contribution in [0.3, 0.4) is 0 Å². The van der Waals surface area contributed by atoms with Gasteiger partial charge in [-0.3, -0.25) is 4.79 Å². The van der Waals surface area contributed by atoms with Gasteiger partial charge in [0.25, 0.3) is 5.91 Å². The summed E-state index contributed by atoms with van der Waals surface area (Å²) in [5, 5.41) is 3.53. The number of hydrogen-bond acceptors (Lipinski definition) is 2. The van der Waals surface area contributed by atoms with Crippen LogP contribution in [0.25, 0.3) is 11.1 Å². The monoisotopic (exact) mass is 311 g/mol. The van der Waals surface area contributed by atoms with E-state index in [1.165, 1.54) is 0 Å². The van der Waals surface area contributed by atoms with Crippen LogP contribution in [0.4, 0.5) is 0 Å². The molecule has 22 heavy (non-hydrogen) atoms. The summed E-state index contributed by atoms with van der Waals surface area (Å²) in [6.07, 6.45) is 1.67. The molecule has 0 bridgehead atoms. The van der Waals surface area contributed by atoms with Crippen LogP contribution in [0, 0.1) is 0 Å². The van der Waals surface area contributed by atoms with E-state index in [2.05, 4.69) is 5.32 Å². The lowest BCUT2D eigenvalue weighted by Crippen LogP contribution is -2.22. The molecule has 0 unspecified atom stereocenters. The van der Waals surface area contributed by atoms with Gasteiger partial charge in [-0.25, -0.2) is 0 Å². The largest absolute Gasteiger partial charge is 0.467 e. The highest BCUT2D eigenvalue weighted by atomic mass is 35.5. The second-order valence-corrected chi connectivity index (χ2v) is 5.29. The van der Waals surface area contributed by atoms with E-state index >= 15 is 0 Å². The summed E-state index contributed by atoms with van der Waals surface area (Å²) in [4.78, 5) is 12.0. The van der Waals surface area contributed by atoms with Crippen molar-refractivity contribution in [1.82, 2.24) is 5.32 Å². The highest BCUT2D eigenvalue weighted by Crippen LogP contribution is 2.23. The van der Waals surface area contributed by atoms with E-state index in [9.17, 15) is 4.79 Å². The van der Waals surface area contributed by atoms with E-state index in [4.69, 9.17) is 16.0 Å². The summed E-state index contributed by atoms with van der Waals surface area (Å²) in [5.41, 5.74) is 2.61. The highest BCUT2D eigenvalue weighted by molar-refractivity contribution is 6.30. The maximum Gasteiger partial charge on any atom is 0.251 e. The van der Waals surface area contributed by atoms with E-state index in [0.29, 0.717) is 22.9 Å². The van der Waals surface area contributed by atoms with Crippen LogP contribution in [0.5, 0.6) is 0 Å². The van der Waals surface area contributed by atoms with Gasteiger partial charge in [-0.15, -0.1) is 0 Å². The van der Waals surface area contributed by atoms with Gasteiger partial charge in [0.05, 0.1) is 12.8 Å². The maximum atomic E-state index is 12.0. The summed E-state index contributed by atoms with van der Waals surface area (Å²) in [7, 11) is 0. The summed E-state index contributed by atoms with van der Waals surface area (Å²) < 4.78 is 5.49. The van der Waals surface area contributed by atoms with Gasteiger partial charge in [0, 0.05) is 16.1 Å². The SMILES string of the molecule is O=C(NCc1cc(-c2ccc(Cl)cc2)co1)c1ccccc1. The minimum Gasteiger partial charge on any atom is -0.467 e. The third kappa shape index (κ3) is 3.38. The fourth-order valence-electron chi connectivity index (χ4n) is 2.13. The average molecular weight is 312 g/mol. The highest BCUT2D eigenvalue weighted by Gasteiger charge is 2.07. The maximum absolute atomic E-state index is 12.0. The summed E-state index contributed by atoms with van der Waals surface area (Å²) in [6.45, 7) is 0.349. The second-order valence-electron chi connectivity index (χ2n) is 4.86. The zero-order valence-corrected chi connectivity index (χ0v) is 12.5. The quantitative estimate of drug-likeness (QED) is 0.769. The van der Waals surface area contributed by atoms with E-state index in [-0.39, 0.29) is 5.91 Å². The molecule has 0 radical (unpaired) electrons. The van der Waals surface area contributed by atoms with Gasteiger partial charge in [0.2, 0.25) is 0 Å². The van der Waals surface area contributed by atoms with Gasteiger partial charge in [0.15, 0.2) is 0 Å². The Labute approximate surface area is 133 Å². The number of rotatable bonds is 4. The number of furan rings is 1. The molecule has 1 heterocycles. The number of amides is 1. The van der Waals surface area contributed by atoms with Crippen molar-refractivity contribution in [3.8, 4) is 11.1 Å². The fraction of sp³-hybridized carbons (Fsp3) is 0.0556. The Morgan fingerprint density at radius 1 is 1.00 bits per heavy atom. The van der Waals surface area contributed by atoms with Crippen molar-refractivity contribution in [1.29, 1.82) is 0 Å². The molecule has 0 aliphatic rings. The van der Waals surface area contributed by atoms with E-state index in [0.717, 1.165) is 11.1 Å². The van der Waals surface area contributed by atoms with Crippen molar-refractivity contribution in [2.75, 3.05) is 0 Å². The number of halogens is 1. The Balaban J connectivity index is 1.65. The zero-order valence-electron chi connectivity index (χ0n) is 11.8. The first-order valence-electron chi connectivity index (χ1n) is 6.89. The molecule has 1 amide bonds. The first-order valence-corrected chi connectivity index (χ1v) is 7.27. The van der Waals surface area contributed by atoms with Crippen LogP contribution in [0.1, 0.15) is 16.1 Å². The Bertz CT molecular complexity index is 763. The summed E-state index contributed by atoms with van der Waals surface area (Å²) in [6, 6.07) is 18.5. The molecule has 3 aromatic rings. The van der Waals surface area contributed by atoms with Crippen LogP contribution in [-0.2, 0) is 6.54 Å². The molecule has 0 atom stereocenters. The van der Waals surface area contributed by atoms with Gasteiger partial charge in [0.1, 0.15) is 5.76 Å². The van der Waals surface area contributed by atoms with E-state index in [1.54, 1.807) is 18.4 Å². The molecule has 0 aliphatic carbocycles. The number of hydrogen-bond donors (Lipinski definition) is 1. The smallest absolute Gasteiger partial charge is 0.251 e. The minimum absolute atomic E-state index is 0.120. The predicted molar refractivity (Wildman–Crippen MR) is 86.8 cm³/mol. The first kappa shape index (κ1) is 14.4. The fourth-order valence-corrected chi connectivity index (χ4v) is 2.25. The van der Waals surface area contributed by atoms with Gasteiger partial charge in [-0.05, 0) is 35.9 Å². The number of carbonyl (C=O) groups is 1. The minimum atomic E-state index is -0.120. The van der Waals surface area contributed by atoms with Crippen LogP contribution in [0.15, 0.2) is 71.3 Å². The molecule has 0 saturated heterocycles. The Morgan fingerprint density at radius 2 is 1.73 bits per heavy atom. The van der Waals surface area contributed by atoms with Gasteiger partial charge >= 0.3 is 0 Å². The van der Waals surface area contributed by atoms with Crippen LogP contribution >= 0.6 is 11.6 Å². The van der Waals surface area contributed by atoms with Crippen molar-refractivity contribution < 1.29 is 9.21 Å². The lowest BCUT2D eigenvalue weighted by atomic mass is 10.1. The molecular weight excluding hydrogens is 298 g/mol. The number of benzene rings is 2. The molecule has 0 fully saturated rings. The standard InChI is InChI=1S/C18H14ClNO2/c19-16-8-6-13(7-9-16)15-10-17(22-12-15)11-20-18(21)14-4-2-1-3-5-14/h1-10,12H,11H2,(H,20,21). The van der Waals surface area contributed by atoms with Gasteiger partial charge in [-0.2, -0.15) is 0 Å². The first-order chi connectivity index (χ1) is 10.7. The molecule has 4 heteroatoms. The summed E-state index contributed by atoms with van der Waals surface area (Å²) >= 11 is 5.88. The van der Waals surface area contributed by atoms with Gasteiger partial charge < -0.3 is 9.73 Å². The third-order valence-electron chi connectivity index (χ3n) is 3.29. The van der Waals surface area contributed by atoms with Crippen molar-refractivity contribution in [3.05, 3.63) is 83.3 Å². The van der Waals surface area contributed by atoms with Crippen molar-refractivity contribution in [2.24, 2.45) is 0 Å². The molecular formula is C18H14ClNO2. The average Bonchev–Trinajstić information content (AvgIpc) is 3.03. The zero-order chi connectivity index (χ0) is 15.4. The lowest BCUT2D eigenvalue weighted by Gasteiger charge is -2.02. The van der Waals surface area contributed by atoms with Crippen molar-refractivity contribution in [3.63, 3.8) is 0 Å². The molecule has 3 rings (SSSR count). The lowest BCUT2D eigenvalue weighted by molar-refractivity contribution is 0.0948. The van der Waals surface area contributed by atoms with Gasteiger partial charge in [-0.1, -0.05) is 41.9 Å². The van der Waals surface area contributed by atoms with Crippen molar-refractivity contribution in [2.45, 2.75) is 6.54 Å². The summed E-state index contributed by atoms with van der Waals surface area (Å²) in [5.74, 6) is 0.583. The van der Waals surface area contributed by atoms with Crippen LogP contribution in [-0.4, -0.2) is 5.91 Å². The molecule has 1 N–H and O–H groups in total. The molecule has 2 aromatic carbocycles. The van der Waals surface area contributed by atoms with E-state index < -0.39 is 0 Å².